The molecule has 1 aliphatic carbocycles. The largest absolute Gasteiger partial charge is 0.461 e. The molecule has 25 heavy (non-hydrogen) atoms. The monoisotopic (exact) mass is 342 g/mol. The summed E-state index contributed by atoms with van der Waals surface area (Å²) < 4.78 is 10.6. The summed E-state index contributed by atoms with van der Waals surface area (Å²) in [6.07, 6.45) is 3.79. The quantitative estimate of drug-likeness (QED) is 0.809. The van der Waals surface area contributed by atoms with E-state index in [1.807, 2.05) is 6.92 Å². The lowest BCUT2D eigenvalue weighted by Crippen LogP contribution is -2.37. The summed E-state index contributed by atoms with van der Waals surface area (Å²) in [5.41, 5.74) is 0.788. The van der Waals surface area contributed by atoms with Crippen LogP contribution in [0.1, 0.15) is 48.6 Å². The van der Waals surface area contributed by atoms with E-state index in [0.717, 1.165) is 12.8 Å². The lowest BCUT2D eigenvalue weighted by Gasteiger charge is -2.13. The van der Waals surface area contributed by atoms with E-state index in [1.54, 1.807) is 26.1 Å². The minimum atomic E-state index is -0.342. The first-order valence-electron chi connectivity index (χ1n) is 8.17. The molecule has 2 aromatic rings. The van der Waals surface area contributed by atoms with Crippen LogP contribution in [0.4, 0.5) is 5.82 Å². The van der Waals surface area contributed by atoms with Crippen molar-refractivity contribution in [3.8, 4) is 0 Å². The van der Waals surface area contributed by atoms with Gasteiger partial charge in [0.15, 0.2) is 5.82 Å². The number of carbonyl (C=O) groups is 1. The lowest BCUT2D eigenvalue weighted by atomic mass is 10.1. The molecule has 0 bridgehead atoms. The Morgan fingerprint density at radius 2 is 2.16 bits per heavy atom. The first kappa shape index (κ1) is 17.0. The van der Waals surface area contributed by atoms with Crippen LogP contribution in [-0.4, -0.2) is 22.8 Å². The average Bonchev–Trinajstić information content (AvgIpc) is 2.97. The van der Waals surface area contributed by atoms with E-state index in [-0.39, 0.29) is 11.4 Å². The zero-order valence-electron chi connectivity index (χ0n) is 14.9. The second-order valence-electron chi connectivity index (χ2n) is 6.53. The Bertz CT molecular complexity index is 948. The first-order chi connectivity index (χ1) is 11.8. The Morgan fingerprint density at radius 1 is 1.44 bits per heavy atom. The third-order valence-corrected chi connectivity index (χ3v) is 4.17. The van der Waals surface area contributed by atoms with Gasteiger partial charge in [0.05, 0.1) is 10.8 Å². The third kappa shape index (κ3) is 3.50. The number of furan rings is 1. The Balaban J connectivity index is 2.08. The van der Waals surface area contributed by atoms with E-state index in [9.17, 15) is 4.79 Å². The molecule has 7 heteroatoms. The van der Waals surface area contributed by atoms with Gasteiger partial charge in [-0.3, -0.25) is 4.79 Å². The summed E-state index contributed by atoms with van der Waals surface area (Å²) in [5.74, 6) is 1.69. The van der Waals surface area contributed by atoms with E-state index >= 15 is 0 Å². The van der Waals surface area contributed by atoms with Crippen LogP contribution in [0.15, 0.2) is 20.0 Å². The molecule has 2 heterocycles. The van der Waals surface area contributed by atoms with Crippen molar-refractivity contribution in [3.63, 3.8) is 0 Å². The molecule has 1 fully saturated rings. The molecule has 0 aromatic carbocycles. The van der Waals surface area contributed by atoms with Gasteiger partial charge in [-0.05, 0) is 40.5 Å². The fourth-order valence-corrected chi connectivity index (χ4v) is 2.62. The van der Waals surface area contributed by atoms with Gasteiger partial charge in [-0.1, -0.05) is 11.7 Å². The maximum atomic E-state index is 12.8. The standard InChI is InChI=1S/C18H22N4O3/c1-6-19-16(21-18(5)7-8-18)14-11(3)24-12(4)15(14)17(23)20-13-9-10(2)25-22-13/h6,9,21H,3,7-8H2,1-2,4-5H3,(H,20,22,23)/b16-14-,19-6-. The van der Waals surface area contributed by atoms with E-state index < -0.39 is 0 Å². The Labute approximate surface area is 145 Å². The molecule has 0 atom stereocenters. The van der Waals surface area contributed by atoms with Gasteiger partial charge >= 0.3 is 0 Å². The van der Waals surface area contributed by atoms with Crippen LogP contribution in [0.3, 0.4) is 0 Å². The summed E-state index contributed by atoms with van der Waals surface area (Å²) in [4.78, 5) is 17.2. The molecule has 2 aromatic heterocycles. The summed E-state index contributed by atoms with van der Waals surface area (Å²) in [6, 6.07) is 1.65. The van der Waals surface area contributed by atoms with Gasteiger partial charge < -0.3 is 19.6 Å². The Hall–Kier alpha value is -2.83. The molecular weight excluding hydrogens is 320 g/mol. The highest BCUT2D eigenvalue weighted by molar-refractivity contribution is 6.05. The van der Waals surface area contributed by atoms with Crippen molar-refractivity contribution in [2.45, 2.75) is 46.1 Å². The number of hydrogen-bond donors (Lipinski definition) is 2. The van der Waals surface area contributed by atoms with Gasteiger partial charge in [-0.2, -0.15) is 0 Å². The molecule has 1 aliphatic rings. The number of anilines is 1. The number of hydrogen-bond acceptors (Lipinski definition) is 6. The predicted molar refractivity (Wildman–Crippen MR) is 95.8 cm³/mol. The Kier molecular flexibility index (Phi) is 4.24. The van der Waals surface area contributed by atoms with Gasteiger partial charge in [0.2, 0.25) is 0 Å². The van der Waals surface area contributed by atoms with E-state index in [4.69, 9.17) is 8.94 Å². The van der Waals surface area contributed by atoms with Crippen molar-refractivity contribution in [3.05, 3.63) is 33.8 Å². The second kappa shape index (κ2) is 6.23. The predicted octanol–water partition coefficient (Wildman–Crippen LogP) is 1.85. The molecular formula is C18H22N4O3. The molecule has 1 saturated carbocycles. The molecule has 0 spiro atoms. The van der Waals surface area contributed by atoms with Crippen molar-refractivity contribution >= 4 is 30.3 Å². The van der Waals surface area contributed by atoms with Crippen LogP contribution in [0.5, 0.6) is 0 Å². The fourth-order valence-electron chi connectivity index (χ4n) is 2.62. The van der Waals surface area contributed by atoms with Gasteiger partial charge in [0.25, 0.3) is 5.91 Å². The number of amides is 1. The molecule has 2 N–H and O–H groups in total. The van der Waals surface area contributed by atoms with Crippen LogP contribution in [-0.2, 0) is 0 Å². The summed E-state index contributed by atoms with van der Waals surface area (Å²) in [7, 11) is 0. The minimum Gasteiger partial charge on any atom is -0.461 e. The molecule has 0 saturated heterocycles. The summed E-state index contributed by atoms with van der Waals surface area (Å²) in [5, 5.41) is 10.5. The molecule has 0 radical (unpaired) electrons. The third-order valence-electron chi connectivity index (χ3n) is 4.17. The lowest BCUT2D eigenvalue weighted by molar-refractivity contribution is 0.102. The maximum absolute atomic E-state index is 12.8. The average molecular weight is 342 g/mol. The molecule has 132 valence electrons. The Morgan fingerprint density at radius 3 is 2.72 bits per heavy atom. The summed E-state index contributed by atoms with van der Waals surface area (Å²) >= 11 is 0. The zero-order chi connectivity index (χ0) is 18.2. The first-order valence-corrected chi connectivity index (χ1v) is 8.17. The number of aromatic nitrogens is 1. The van der Waals surface area contributed by atoms with Gasteiger partial charge in [-0.25, -0.2) is 4.99 Å². The highest BCUT2D eigenvalue weighted by Crippen LogP contribution is 2.35. The highest BCUT2D eigenvalue weighted by Gasteiger charge is 2.38. The van der Waals surface area contributed by atoms with Gasteiger partial charge in [0, 0.05) is 17.8 Å². The molecule has 1 amide bonds. The number of aryl methyl sites for hydroxylation is 2. The van der Waals surface area contributed by atoms with Crippen molar-refractivity contribution in [2.24, 2.45) is 4.99 Å². The fraction of sp³-hybridized carbons (Fsp3) is 0.389. The number of nitrogens with one attached hydrogen (secondary N) is 2. The van der Waals surface area contributed by atoms with Gasteiger partial charge in [-0.15, -0.1) is 0 Å². The van der Waals surface area contributed by atoms with Crippen molar-refractivity contribution < 1.29 is 13.7 Å². The van der Waals surface area contributed by atoms with Crippen LogP contribution in [0, 0.1) is 13.8 Å². The normalized spacial score (nSPS) is 16.8. The SMILES string of the molecule is C=c1oc(C)c(C(=O)Nc2cc(C)on2)/c1=C(/N=C\C)NC1(C)CC1. The van der Waals surface area contributed by atoms with E-state index in [0.29, 0.717) is 39.4 Å². The van der Waals surface area contributed by atoms with E-state index in [1.165, 1.54) is 0 Å². The molecule has 7 nitrogen and oxygen atoms in total. The van der Waals surface area contributed by atoms with Crippen LogP contribution in [0.25, 0.3) is 12.4 Å². The van der Waals surface area contributed by atoms with Gasteiger partial charge in [0.1, 0.15) is 22.8 Å². The minimum absolute atomic E-state index is 0.00354. The summed E-state index contributed by atoms with van der Waals surface area (Å²) in [6.45, 7) is 11.4. The zero-order valence-corrected chi connectivity index (χ0v) is 14.9. The highest BCUT2D eigenvalue weighted by atomic mass is 16.5. The topological polar surface area (TPSA) is 92.7 Å². The van der Waals surface area contributed by atoms with Crippen molar-refractivity contribution in [1.29, 1.82) is 0 Å². The molecule has 3 rings (SSSR count). The molecule has 0 aliphatic heterocycles. The van der Waals surface area contributed by atoms with Crippen LogP contribution < -0.4 is 21.3 Å². The van der Waals surface area contributed by atoms with Crippen LogP contribution >= 0.6 is 0 Å². The number of rotatable bonds is 5. The van der Waals surface area contributed by atoms with Crippen molar-refractivity contribution in [2.75, 3.05) is 5.32 Å². The van der Waals surface area contributed by atoms with Crippen LogP contribution in [0.2, 0.25) is 0 Å². The second-order valence-corrected chi connectivity index (χ2v) is 6.53. The number of carbonyl (C=O) groups excluding carboxylic acids is 1. The maximum Gasteiger partial charge on any atom is 0.261 e. The van der Waals surface area contributed by atoms with Crippen molar-refractivity contribution in [1.82, 2.24) is 10.5 Å². The molecule has 0 unspecified atom stereocenters. The number of nitrogens with zero attached hydrogens (tertiary/aromatic N) is 2. The number of aliphatic imine (C=N–C) groups is 1. The smallest absolute Gasteiger partial charge is 0.261 e. The van der Waals surface area contributed by atoms with E-state index in [2.05, 4.69) is 34.3 Å².